The van der Waals surface area contributed by atoms with Crippen molar-refractivity contribution in [2.24, 2.45) is 0 Å². The second-order valence-corrected chi connectivity index (χ2v) is 5.92. The molecule has 2 N–H and O–H groups in total. The average molecular weight is 322 g/mol. The summed E-state index contributed by atoms with van der Waals surface area (Å²) in [5, 5.41) is 2.50. The highest BCUT2D eigenvalue weighted by Gasteiger charge is 2.11. The zero-order valence-corrected chi connectivity index (χ0v) is 11.5. The minimum absolute atomic E-state index is 0.0450. The van der Waals surface area contributed by atoms with Gasteiger partial charge in [-0.2, -0.15) is 0 Å². The highest BCUT2D eigenvalue weighted by Crippen LogP contribution is 2.11. The molecule has 0 unspecified atom stereocenters. The zero-order chi connectivity index (χ0) is 12.9. The van der Waals surface area contributed by atoms with Gasteiger partial charge in [0.2, 0.25) is 10.0 Å². The lowest BCUT2D eigenvalue weighted by Gasteiger charge is -2.06. The summed E-state index contributed by atoms with van der Waals surface area (Å²) in [4.78, 5) is 15.5. The zero-order valence-electron chi connectivity index (χ0n) is 9.10. The fraction of sp³-hybridized carbons (Fsp3) is 0.333. The van der Waals surface area contributed by atoms with Crippen molar-refractivity contribution in [1.82, 2.24) is 15.0 Å². The summed E-state index contributed by atoms with van der Waals surface area (Å²) in [5.74, 6) is -0.524. The molecular formula is C9H12BrN3O3S. The van der Waals surface area contributed by atoms with Gasteiger partial charge in [0.05, 0.1) is 11.3 Å². The van der Waals surface area contributed by atoms with Crippen LogP contribution in [0.25, 0.3) is 0 Å². The molecule has 8 heteroatoms. The Morgan fingerprint density at radius 3 is 2.82 bits per heavy atom. The van der Waals surface area contributed by atoms with Gasteiger partial charge in [-0.25, -0.2) is 18.1 Å². The Morgan fingerprint density at radius 2 is 2.24 bits per heavy atom. The second kappa shape index (κ2) is 6.08. The topological polar surface area (TPSA) is 88.2 Å². The molecule has 0 aliphatic rings. The molecule has 1 aromatic heterocycles. The van der Waals surface area contributed by atoms with Crippen molar-refractivity contribution < 1.29 is 13.2 Å². The monoisotopic (exact) mass is 321 g/mol. The Balaban J connectivity index is 2.55. The molecule has 0 aliphatic carbocycles. The number of hydrogen-bond acceptors (Lipinski definition) is 4. The molecule has 6 nitrogen and oxygen atoms in total. The predicted molar refractivity (Wildman–Crippen MR) is 67.1 cm³/mol. The molecule has 0 fully saturated rings. The maximum atomic E-state index is 11.6. The van der Waals surface area contributed by atoms with Crippen LogP contribution in [0.3, 0.4) is 0 Å². The van der Waals surface area contributed by atoms with Gasteiger partial charge in [0, 0.05) is 12.7 Å². The first-order valence-corrected chi connectivity index (χ1v) is 7.21. The van der Waals surface area contributed by atoms with E-state index in [2.05, 4.69) is 31.0 Å². The van der Waals surface area contributed by atoms with Crippen LogP contribution < -0.4 is 10.0 Å². The molecule has 0 spiro atoms. The van der Waals surface area contributed by atoms with E-state index in [9.17, 15) is 13.2 Å². The summed E-state index contributed by atoms with van der Waals surface area (Å²) >= 11 is 3.14. The lowest BCUT2D eigenvalue weighted by molar-refractivity contribution is 0.0955. The van der Waals surface area contributed by atoms with E-state index >= 15 is 0 Å². The van der Waals surface area contributed by atoms with Crippen LogP contribution in [0.5, 0.6) is 0 Å². The molecule has 0 aromatic carbocycles. The van der Waals surface area contributed by atoms with Gasteiger partial charge in [-0.3, -0.25) is 4.79 Å². The molecule has 0 atom stereocenters. The lowest BCUT2D eigenvalue weighted by Crippen LogP contribution is -2.33. The third-order valence-electron chi connectivity index (χ3n) is 1.97. The molecule has 0 radical (unpaired) electrons. The number of hydrogen-bond donors (Lipinski definition) is 2. The number of halogens is 1. The molecule has 94 valence electrons. The van der Waals surface area contributed by atoms with Crippen molar-refractivity contribution in [3.8, 4) is 0 Å². The van der Waals surface area contributed by atoms with E-state index in [1.807, 2.05) is 0 Å². The smallest absolute Gasteiger partial charge is 0.254 e. The number of amides is 1. The van der Waals surface area contributed by atoms with Crippen molar-refractivity contribution >= 4 is 31.9 Å². The molecule has 17 heavy (non-hydrogen) atoms. The summed E-state index contributed by atoms with van der Waals surface area (Å²) in [6, 6.07) is 3.23. The Hall–Kier alpha value is -0.990. The average Bonchev–Trinajstić information content (AvgIpc) is 2.29. The number of nitrogens with one attached hydrogen (secondary N) is 2. The Bertz CT molecular complexity index is 504. The van der Waals surface area contributed by atoms with Crippen LogP contribution >= 0.6 is 15.9 Å². The summed E-state index contributed by atoms with van der Waals surface area (Å²) in [7, 11) is -1.97. The van der Waals surface area contributed by atoms with Gasteiger partial charge < -0.3 is 5.32 Å². The molecule has 1 aromatic rings. The fourth-order valence-electron chi connectivity index (χ4n) is 1.05. The van der Waals surface area contributed by atoms with Gasteiger partial charge in [-0.05, 0) is 35.1 Å². The quantitative estimate of drug-likeness (QED) is 0.754. The molecule has 1 amide bonds. The van der Waals surface area contributed by atoms with E-state index in [1.54, 1.807) is 18.3 Å². The van der Waals surface area contributed by atoms with Gasteiger partial charge in [-0.1, -0.05) is 0 Å². The van der Waals surface area contributed by atoms with Gasteiger partial charge in [0.1, 0.15) is 4.60 Å². The fourth-order valence-corrected chi connectivity index (χ4v) is 2.06. The normalized spacial score (nSPS) is 11.2. The SMILES string of the molecule is CNS(=O)(=O)CCNC(=O)c1cccnc1Br. The number of pyridine rings is 1. The van der Waals surface area contributed by atoms with E-state index < -0.39 is 10.0 Å². The molecule has 1 rings (SSSR count). The van der Waals surface area contributed by atoms with Crippen molar-refractivity contribution in [3.63, 3.8) is 0 Å². The van der Waals surface area contributed by atoms with E-state index in [-0.39, 0.29) is 18.2 Å². The maximum absolute atomic E-state index is 11.6. The number of sulfonamides is 1. The Kier molecular flexibility index (Phi) is 5.03. The van der Waals surface area contributed by atoms with Gasteiger partial charge >= 0.3 is 0 Å². The van der Waals surface area contributed by atoms with Crippen LogP contribution in [0, 0.1) is 0 Å². The third-order valence-corrected chi connectivity index (χ3v) is 3.97. The van der Waals surface area contributed by atoms with Crippen LogP contribution in [0.15, 0.2) is 22.9 Å². The molecule has 0 aliphatic heterocycles. The van der Waals surface area contributed by atoms with E-state index in [0.717, 1.165) is 0 Å². The molecule has 1 heterocycles. The first-order valence-electron chi connectivity index (χ1n) is 4.76. The van der Waals surface area contributed by atoms with Crippen LogP contribution in [-0.4, -0.2) is 38.7 Å². The summed E-state index contributed by atoms with van der Waals surface area (Å²) in [6.07, 6.45) is 1.55. The molecule has 0 bridgehead atoms. The summed E-state index contributed by atoms with van der Waals surface area (Å²) in [6.45, 7) is 0.0450. The largest absolute Gasteiger partial charge is 0.351 e. The third kappa shape index (κ3) is 4.41. The van der Waals surface area contributed by atoms with Gasteiger partial charge in [-0.15, -0.1) is 0 Å². The van der Waals surface area contributed by atoms with Crippen LogP contribution in [0.4, 0.5) is 0 Å². The second-order valence-electron chi connectivity index (χ2n) is 3.12. The number of rotatable bonds is 5. The number of aromatic nitrogens is 1. The van der Waals surface area contributed by atoms with Crippen molar-refractivity contribution in [1.29, 1.82) is 0 Å². The van der Waals surface area contributed by atoms with Crippen LogP contribution in [0.2, 0.25) is 0 Å². The van der Waals surface area contributed by atoms with Crippen molar-refractivity contribution in [2.75, 3.05) is 19.3 Å². The summed E-state index contributed by atoms with van der Waals surface area (Å²) < 4.78 is 24.8. The van der Waals surface area contributed by atoms with Gasteiger partial charge in [0.25, 0.3) is 5.91 Å². The molecule has 0 saturated heterocycles. The first kappa shape index (κ1) is 14.1. The van der Waals surface area contributed by atoms with Crippen LogP contribution in [-0.2, 0) is 10.0 Å². The van der Waals surface area contributed by atoms with E-state index in [0.29, 0.717) is 10.2 Å². The number of nitrogens with zero attached hydrogens (tertiary/aromatic N) is 1. The lowest BCUT2D eigenvalue weighted by atomic mass is 10.3. The molecule has 0 saturated carbocycles. The maximum Gasteiger partial charge on any atom is 0.254 e. The minimum Gasteiger partial charge on any atom is -0.351 e. The Morgan fingerprint density at radius 1 is 1.53 bits per heavy atom. The highest BCUT2D eigenvalue weighted by atomic mass is 79.9. The van der Waals surface area contributed by atoms with Crippen LogP contribution in [0.1, 0.15) is 10.4 Å². The minimum atomic E-state index is -3.30. The first-order chi connectivity index (χ1) is 7.96. The molecular weight excluding hydrogens is 310 g/mol. The predicted octanol–water partition coefficient (Wildman–Crippen LogP) is 0.123. The summed E-state index contributed by atoms with van der Waals surface area (Å²) in [5.41, 5.74) is 0.370. The number of carbonyl (C=O) groups excluding carboxylic acids is 1. The number of carbonyl (C=O) groups is 1. The van der Waals surface area contributed by atoms with E-state index in [1.165, 1.54) is 7.05 Å². The van der Waals surface area contributed by atoms with Gasteiger partial charge in [0.15, 0.2) is 0 Å². The highest BCUT2D eigenvalue weighted by molar-refractivity contribution is 9.10. The van der Waals surface area contributed by atoms with Crippen molar-refractivity contribution in [3.05, 3.63) is 28.5 Å². The Labute approximate surface area is 108 Å². The van der Waals surface area contributed by atoms with Crippen molar-refractivity contribution in [2.45, 2.75) is 0 Å². The standard InChI is InChI=1S/C9H12BrN3O3S/c1-11-17(15,16)6-5-13-9(14)7-3-2-4-12-8(7)10/h2-4,11H,5-6H2,1H3,(H,13,14). The van der Waals surface area contributed by atoms with E-state index in [4.69, 9.17) is 0 Å².